The van der Waals surface area contributed by atoms with Crippen molar-refractivity contribution in [2.45, 2.75) is 19.6 Å². The molecule has 1 heterocycles. The average molecular weight is 329 g/mol. The van der Waals surface area contributed by atoms with E-state index in [1.807, 2.05) is 60.7 Å². The van der Waals surface area contributed by atoms with Gasteiger partial charge in [-0.2, -0.15) is 0 Å². The Bertz CT molecular complexity index is 960. The van der Waals surface area contributed by atoms with E-state index < -0.39 is 8.07 Å². The standard InChI is InChI=1S/C21H19NOSi/c1-24(2,3)14-13-20-18(21(23)16-9-5-4-6-10-16)15-17-11-7-8-12-19(17)22-20/h4-12,15H,1-3H3. The molecule has 0 bridgehead atoms. The molecule has 0 saturated carbocycles. The summed E-state index contributed by atoms with van der Waals surface area (Å²) >= 11 is 0. The number of para-hydroxylation sites is 1. The van der Waals surface area contributed by atoms with Crippen LogP contribution in [0.3, 0.4) is 0 Å². The molecule has 0 spiro atoms. The molecule has 0 N–H and O–H groups in total. The average Bonchev–Trinajstić information content (AvgIpc) is 2.58. The maximum Gasteiger partial charge on any atom is 0.195 e. The van der Waals surface area contributed by atoms with Crippen molar-refractivity contribution in [1.29, 1.82) is 0 Å². The fraction of sp³-hybridized carbons (Fsp3) is 0.143. The molecule has 3 aromatic rings. The van der Waals surface area contributed by atoms with Crippen LogP contribution in [0.4, 0.5) is 0 Å². The van der Waals surface area contributed by atoms with Crippen molar-refractivity contribution in [1.82, 2.24) is 4.98 Å². The lowest BCUT2D eigenvalue weighted by Gasteiger charge is -2.08. The Morgan fingerprint density at radius 2 is 1.62 bits per heavy atom. The SMILES string of the molecule is C[Si](C)(C)C#Cc1nc2ccccc2cc1C(=O)c1ccccc1. The second-order valence-electron chi connectivity index (χ2n) is 6.77. The Balaban J connectivity index is 2.20. The summed E-state index contributed by atoms with van der Waals surface area (Å²) in [6, 6.07) is 19.0. The molecule has 0 unspecified atom stereocenters. The lowest BCUT2D eigenvalue weighted by atomic mass is 10.00. The van der Waals surface area contributed by atoms with Crippen molar-refractivity contribution >= 4 is 24.8 Å². The number of hydrogen-bond acceptors (Lipinski definition) is 2. The number of benzene rings is 2. The maximum atomic E-state index is 12.9. The van der Waals surface area contributed by atoms with Crippen molar-refractivity contribution in [2.24, 2.45) is 0 Å². The molecule has 0 radical (unpaired) electrons. The zero-order chi connectivity index (χ0) is 17.2. The van der Waals surface area contributed by atoms with Gasteiger partial charge >= 0.3 is 0 Å². The number of ketones is 1. The first-order chi connectivity index (χ1) is 11.4. The summed E-state index contributed by atoms with van der Waals surface area (Å²) in [6.07, 6.45) is 0. The van der Waals surface area contributed by atoms with Crippen LogP contribution < -0.4 is 0 Å². The molecule has 1 aromatic heterocycles. The number of fused-ring (bicyclic) bond motifs is 1. The summed E-state index contributed by atoms with van der Waals surface area (Å²) in [4.78, 5) is 17.6. The Labute approximate surface area is 143 Å². The number of hydrogen-bond donors (Lipinski definition) is 0. The molecular weight excluding hydrogens is 310 g/mol. The van der Waals surface area contributed by atoms with E-state index in [9.17, 15) is 4.79 Å². The van der Waals surface area contributed by atoms with E-state index >= 15 is 0 Å². The van der Waals surface area contributed by atoms with Crippen LogP contribution in [0.15, 0.2) is 60.7 Å². The smallest absolute Gasteiger partial charge is 0.195 e. The van der Waals surface area contributed by atoms with E-state index in [0.29, 0.717) is 16.8 Å². The summed E-state index contributed by atoms with van der Waals surface area (Å²) in [7, 11) is -1.56. The molecule has 2 aromatic carbocycles. The molecule has 0 saturated heterocycles. The largest absolute Gasteiger partial charge is 0.289 e. The molecule has 0 aliphatic rings. The minimum atomic E-state index is -1.56. The van der Waals surface area contributed by atoms with Crippen LogP contribution in [0.1, 0.15) is 21.6 Å². The van der Waals surface area contributed by atoms with Crippen LogP contribution in [0, 0.1) is 11.5 Å². The number of carbonyl (C=O) groups is 1. The molecule has 2 nitrogen and oxygen atoms in total. The molecule has 24 heavy (non-hydrogen) atoms. The summed E-state index contributed by atoms with van der Waals surface area (Å²) < 4.78 is 0. The van der Waals surface area contributed by atoms with E-state index in [1.54, 1.807) is 0 Å². The van der Waals surface area contributed by atoms with Crippen molar-refractivity contribution in [3.8, 4) is 11.5 Å². The Morgan fingerprint density at radius 1 is 0.958 bits per heavy atom. The zero-order valence-corrected chi connectivity index (χ0v) is 15.1. The number of pyridine rings is 1. The summed E-state index contributed by atoms with van der Waals surface area (Å²) in [5.74, 6) is 3.14. The van der Waals surface area contributed by atoms with Crippen LogP contribution in [0.2, 0.25) is 19.6 Å². The first-order valence-electron chi connectivity index (χ1n) is 7.97. The van der Waals surface area contributed by atoms with Crippen molar-refractivity contribution in [3.63, 3.8) is 0 Å². The molecule has 3 rings (SSSR count). The topological polar surface area (TPSA) is 30.0 Å². The molecule has 0 aliphatic carbocycles. The second kappa shape index (κ2) is 6.43. The number of carbonyl (C=O) groups excluding carboxylic acids is 1. The van der Waals surface area contributed by atoms with Gasteiger partial charge in [0.05, 0.1) is 11.1 Å². The van der Waals surface area contributed by atoms with Crippen LogP contribution in [-0.4, -0.2) is 18.8 Å². The van der Waals surface area contributed by atoms with E-state index in [-0.39, 0.29) is 5.78 Å². The predicted octanol–water partition coefficient (Wildman–Crippen LogP) is 4.69. The molecule has 0 amide bonds. The normalized spacial score (nSPS) is 11.0. The van der Waals surface area contributed by atoms with Gasteiger partial charge in [0.25, 0.3) is 0 Å². The molecule has 118 valence electrons. The minimum Gasteiger partial charge on any atom is -0.289 e. The number of rotatable bonds is 2. The minimum absolute atomic E-state index is 0.0336. The highest BCUT2D eigenvalue weighted by Gasteiger charge is 2.16. The molecule has 0 aliphatic heterocycles. The Morgan fingerprint density at radius 3 is 2.33 bits per heavy atom. The van der Waals surface area contributed by atoms with Crippen LogP contribution in [0.25, 0.3) is 10.9 Å². The molecule has 0 fully saturated rings. The highest BCUT2D eigenvalue weighted by Crippen LogP contribution is 2.19. The van der Waals surface area contributed by atoms with Gasteiger partial charge in [0.15, 0.2) is 5.78 Å². The fourth-order valence-electron chi connectivity index (χ4n) is 2.38. The zero-order valence-electron chi connectivity index (χ0n) is 14.1. The van der Waals surface area contributed by atoms with Crippen molar-refractivity contribution in [3.05, 3.63) is 77.5 Å². The first-order valence-corrected chi connectivity index (χ1v) is 11.5. The van der Waals surface area contributed by atoms with Gasteiger partial charge in [-0.3, -0.25) is 4.79 Å². The van der Waals surface area contributed by atoms with Crippen molar-refractivity contribution < 1.29 is 4.79 Å². The fourth-order valence-corrected chi connectivity index (χ4v) is 2.87. The third kappa shape index (κ3) is 3.61. The van der Waals surface area contributed by atoms with Gasteiger partial charge in [0.1, 0.15) is 13.8 Å². The second-order valence-corrected chi connectivity index (χ2v) is 11.5. The van der Waals surface area contributed by atoms with E-state index in [1.165, 1.54) is 0 Å². The molecule has 0 atom stereocenters. The quantitative estimate of drug-likeness (QED) is 0.388. The number of aromatic nitrogens is 1. The summed E-state index contributed by atoms with van der Waals surface area (Å²) in [6.45, 7) is 6.54. The summed E-state index contributed by atoms with van der Waals surface area (Å²) in [5, 5.41) is 0.954. The third-order valence-corrected chi connectivity index (χ3v) is 4.44. The Kier molecular flexibility index (Phi) is 4.33. The van der Waals surface area contributed by atoms with Crippen LogP contribution in [0.5, 0.6) is 0 Å². The van der Waals surface area contributed by atoms with Gasteiger partial charge in [-0.25, -0.2) is 4.98 Å². The van der Waals surface area contributed by atoms with E-state index in [2.05, 4.69) is 36.1 Å². The van der Waals surface area contributed by atoms with Gasteiger partial charge in [0, 0.05) is 10.9 Å². The van der Waals surface area contributed by atoms with E-state index in [0.717, 1.165) is 10.9 Å². The lowest BCUT2D eigenvalue weighted by molar-refractivity contribution is 0.103. The van der Waals surface area contributed by atoms with Crippen LogP contribution >= 0.6 is 0 Å². The predicted molar refractivity (Wildman–Crippen MR) is 102 cm³/mol. The van der Waals surface area contributed by atoms with Gasteiger partial charge in [0.2, 0.25) is 0 Å². The highest BCUT2D eigenvalue weighted by atomic mass is 28.3. The monoisotopic (exact) mass is 329 g/mol. The highest BCUT2D eigenvalue weighted by molar-refractivity contribution is 6.83. The lowest BCUT2D eigenvalue weighted by Crippen LogP contribution is -2.16. The van der Waals surface area contributed by atoms with Gasteiger partial charge in [-0.1, -0.05) is 74.1 Å². The van der Waals surface area contributed by atoms with E-state index in [4.69, 9.17) is 0 Å². The molecular formula is C21H19NOSi. The number of nitrogens with zero attached hydrogens (tertiary/aromatic N) is 1. The van der Waals surface area contributed by atoms with Gasteiger partial charge in [-0.15, -0.1) is 5.54 Å². The van der Waals surface area contributed by atoms with Gasteiger partial charge < -0.3 is 0 Å². The van der Waals surface area contributed by atoms with Gasteiger partial charge in [-0.05, 0) is 12.1 Å². The first kappa shape index (κ1) is 16.2. The maximum absolute atomic E-state index is 12.9. The third-order valence-electron chi connectivity index (χ3n) is 3.56. The van der Waals surface area contributed by atoms with Crippen LogP contribution in [-0.2, 0) is 0 Å². The molecule has 3 heteroatoms. The van der Waals surface area contributed by atoms with Crippen molar-refractivity contribution in [2.75, 3.05) is 0 Å². The Hall–Kier alpha value is -2.70. The summed E-state index contributed by atoms with van der Waals surface area (Å²) in [5.41, 5.74) is 5.99.